The van der Waals surface area contributed by atoms with Crippen molar-refractivity contribution in [3.8, 4) is 0 Å². The Labute approximate surface area is 127 Å². The van der Waals surface area contributed by atoms with Crippen molar-refractivity contribution in [2.24, 2.45) is 0 Å². The van der Waals surface area contributed by atoms with E-state index in [0.29, 0.717) is 12.5 Å². The molecule has 1 aliphatic rings. The van der Waals surface area contributed by atoms with Gasteiger partial charge in [0, 0.05) is 19.0 Å². The van der Waals surface area contributed by atoms with Crippen molar-refractivity contribution >= 4 is 18.3 Å². The van der Waals surface area contributed by atoms with E-state index in [1.165, 1.54) is 5.56 Å². The number of hydrogen-bond acceptors (Lipinski definition) is 2. The molecule has 0 aliphatic carbocycles. The van der Waals surface area contributed by atoms with Gasteiger partial charge in [0.2, 0.25) is 5.91 Å². The maximum atomic E-state index is 12.2. The Bertz CT molecular complexity index is 414. The molecule has 0 spiro atoms. The summed E-state index contributed by atoms with van der Waals surface area (Å²) < 4.78 is 0. The van der Waals surface area contributed by atoms with Crippen LogP contribution in [0.25, 0.3) is 0 Å². The fraction of sp³-hybridized carbons (Fsp3) is 0.562. The molecule has 0 bridgehead atoms. The van der Waals surface area contributed by atoms with Crippen LogP contribution in [-0.4, -0.2) is 25.0 Å². The molecule has 3 nitrogen and oxygen atoms in total. The second-order valence-electron chi connectivity index (χ2n) is 6.04. The van der Waals surface area contributed by atoms with Crippen molar-refractivity contribution in [3.05, 3.63) is 35.9 Å². The molecular weight excluding hydrogens is 272 g/mol. The zero-order valence-corrected chi connectivity index (χ0v) is 13.1. The molecule has 1 amide bonds. The van der Waals surface area contributed by atoms with E-state index in [0.717, 1.165) is 25.9 Å². The molecule has 0 aromatic heterocycles. The van der Waals surface area contributed by atoms with E-state index in [2.05, 4.69) is 36.6 Å². The highest BCUT2D eigenvalue weighted by molar-refractivity contribution is 5.85. The highest BCUT2D eigenvalue weighted by Gasteiger charge is 2.25. The molecule has 0 unspecified atom stereocenters. The van der Waals surface area contributed by atoms with Crippen molar-refractivity contribution < 1.29 is 4.79 Å². The minimum Gasteiger partial charge on any atom is -0.352 e. The molecule has 0 saturated carbocycles. The third-order valence-corrected chi connectivity index (χ3v) is 3.82. The van der Waals surface area contributed by atoms with Gasteiger partial charge in [-0.3, -0.25) is 4.79 Å². The molecule has 1 atom stereocenters. The Morgan fingerprint density at radius 3 is 2.65 bits per heavy atom. The first-order valence-electron chi connectivity index (χ1n) is 7.13. The van der Waals surface area contributed by atoms with Gasteiger partial charge in [-0.1, -0.05) is 44.2 Å². The second kappa shape index (κ2) is 7.65. The van der Waals surface area contributed by atoms with Crippen molar-refractivity contribution in [2.45, 2.75) is 44.6 Å². The van der Waals surface area contributed by atoms with Crippen LogP contribution in [0.1, 0.15) is 38.7 Å². The fourth-order valence-electron chi connectivity index (χ4n) is 2.65. The molecule has 1 aliphatic heterocycles. The third kappa shape index (κ3) is 4.80. The van der Waals surface area contributed by atoms with Crippen molar-refractivity contribution in [2.75, 3.05) is 13.1 Å². The van der Waals surface area contributed by atoms with E-state index in [1.807, 2.05) is 18.2 Å². The quantitative estimate of drug-likeness (QED) is 0.897. The fourth-order valence-corrected chi connectivity index (χ4v) is 2.65. The maximum absolute atomic E-state index is 12.2. The molecule has 20 heavy (non-hydrogen) atoms. The molecule has 2 rings (SSSR count). The predicted molar refractivity (Wildman–Crippen MR) is 85.4 cm³/mol. The van der Waals surface area contributed by atoms with E-state index in [4.69, 9.17) is 0 Å². The zero-order valence-electron chi connectivity index (χ0n) is 12.3. The van der Waals surface area contributed by atoms with Crippen LogP contribution in [0.4, 0.5) is 0 Å². The minimum atomic E-state index is -0.118. The first-order chi connectivity index (χ1) is 9.08. The molecular formula is C16H25ClN2O. The molecule has 2 N–H and O–H groups in total. The van der Waals surface area contributed by atoms with E-state index in [-0.39, 0.29) is 23.7 Å². The van der Waals surface area contributed by atoms with Crippen LogP contribution in [0.5, 0.6) is 0 Å². The van der Waals surface area contributed by atoms with E-state index >= 15 is 0 Å². The van der Waals surface area contributed by atoms with Crippen LogP contribution < -0.4 is 10.6 Å². The Morgan fingerprint density at radius 1 is 1.35 bits per heavy atom. The smallest absolute Gasteiger partial charge is 0.221 e. The van der Waals surface area contributed by atoms with Crippen LogP contribution in [0.3, 0.4) is 0 Å². The molecule has 1 aromatic carbocycles. The molecule has 0 radical (unpaired) electrons. The van der Waals surface area contributed by atoms with Crippen LogP contribution in [0, 0.1) is 0 Å². The van der Waals surface area contributed by atoms with Gasteiger partial charge in [-0.25, -0.2) is 0 Å². The predicted octanol–water partition coefficient (Wildman–Crippen LogP) is 2.64. The van der Waals surface area contributed by atoms with Gasteiger partial charge < -0.3 is 10.6 Å². The highest BCUT2D eigenvalue weighted by atomic mass is 35.5. The number of piperidine rings is 1. The third-order valence-electron chi connectivity index (χ3n) is 3.82. The van der Waals surface area contributed by atoms with Gasteiger partial charge in [0.05, 0.1) is 0 Å². The molecule has 1 aromatic rings. The summed E-state index contributed by atoms with van der Waals surface area (Å²) in [6, 6.07) is 10.5. The van der Waals surface area contributed by atoms with Gasteiger partial charge >= 0.3 is 0 Å². The first kappa shape index (κ1) is 17.0. The monoisotopic (exact) mass is 296 g/mol. The van der Waals surface area contributed by atoms with Crippen LogP contribution in [0.15, 0.2) is 30.3 Å². The Kier molecular flexibility index (Phi) is 6.50. The second-order valence-corrected chi connectivity index (χ2v) is 6.04. The summed E-state index contributed by atoms with van der Waals surface area (Å²) in [5.41, 5.74) is 1.10. The number of amides is 1. The standard InChI is InChI=1S/C16H24N2O.ClH/c1-16(2,13-7-4-3-5-8-13)11-15(19)18-14-9-6-10-17-12-14;/h3-5,7-8,14,17H,6,9-12H2,1-2H3,(H,18,19);1H/t14-;/m0./s1. The number of halogens is 1. The summed E-state index contributed by atoms with van der Waals surface area (Å²) >= 11 is 0. The summed E-state index contributed by atoms with van der Waals surface area (Å²) in [6.45, 7) is 6.22. The summed E-state index contributed by atoms with van der Waals surface area (Å²) in [4.78, 5) is 12.2. The average molecular weight is 297 g/mol. The van der Waals surface area contributed by atoms with Gasteiger partial charge in [0.25, 0.3) is 0 Å². The maximum Gasteiger partial charge on any atom is 0.221 e. The Hall–Kier alpha value is -1.06. The van der Waals surface area contributed by atoms with Crippen LogP contribution in [0.2, 0.25) is 0 Å². The lowest BCUT2D eigenvalue weighted by Gasteiger charge is -2.28. The van der Waals surface area contributed by atoms with Gasteiger partial charge in [-0.05, 0) is 30.4 Å². The Morgan fingerprint density at radius 2 is 2.05 bits per heavy atom. The summed E-state index contributed by atoms with van der Waals surface area (Å²) in [7, 11) is 0. The highest BCUT2D eigenvalue weighted by Crippen LogP contribution is 2.26. The summed E-state index contributed by atoms with van der Waals surface area (Å²) in [5.74, 6) is 0.155. The molecule has 1 fully saturated rings. The van der Waals surface area contributed by atoms with E-state index in [1.54, 1.807) is 0 Å². The number of hydrogen-bond donors (Lipinski definition) is 2. The minimum absolute atomic E-state index is 0. The van der Waals surface area contributed by atoms with Crippen molar-refractivity contribution in [1.29, 1.82) is 0 Å². The topological polar surface area (TPSA) is 41.1 Å². The molecule has 1 heterocycles. The van der Waals surface area contributed by atoms with Gasteiger partial charge in [-0.15, -0.1) is 12.4 Å². The van der Waals surface area contributed by atoms with Gasteiger partial charge in [0.1, 0.15) is 0 Å². The van der Waals surface area contributed by atoms with E-state index < -0.39 is 0 Å². The van der Waals surface area contributed by atoms with Gasteiger partial charge in [0.15, 0.2) is 0 Å². The lowest BCUT2D eigenvalue weighted by atomic mass is 9.81. The SMILES string of the molecule is CC(C)(CC(=O)N[C@H]1CCCNC1)c1ccccc1.Cl. The summed E-state index contributed by atoms with van der Waals surface area (Å²) in [5, 5.41) is 6.46. The summed E-state index contributed by atoms with van der Waals surface area (Å²) in [6.07, 6.45) is 2.77. The largest absolute Gasteiger partial charge is 0.352 e. The molecule has 4 heteroatoms. The number of carbonyl (C=O) groups excluding carboxylic acids is 1. The Balaban J connectivity index is 0.00000200. The van der Waals surface area contributed by atoms with Crippen LogP contribution >= 0.6 is 12.4 Å². The first-order valence-corrected chi connectivity index (χ1v) is 7.13. The number of carbonyl (C=O) groups is 1. The van der Waals surface area contributed by atoms with Gasteiger partial charge in [-0.2, -0.15) is 0 Å². The van der Waals surface area contributed by atoms with Crippen LogP contribution in [-0.2, 0) is 10.2 Å². The number of rotatable bonds is 4. The average Bonchev–Trinajstić information content (AvgIpc) is 2.40. The lowest BCUT2D eigenvalue weighted by Crippen LogP contribution is -2.46. The normalized spacial score (nSPS) is 19.0. The number of benzene rings is 1. The van der Waals surface area contributed by atoms with Crippen molar-refractivity contribution in [1.82, 2.24) is 10.6 Å². The lowest BCUT2D eigenvalue weighted by molar-refractivity contribution is -0.122. The van der Waals surface area contributed by atoms with E-state index in [9.17, 15) is 4.79 Å². The molecule has 1 saturated heterocycles. The number of nitrogens with one attached hydrogen (secondary N) is 2. The zero-order chi connectivity index (χ0) is 13.7. The molecule has 112 valence electrons. The van der Waals surface area contributed by atoms with Crippen molar-refractivity contribution in [3.63, 3.8) is 0 Å².